The molecule has 1 aromatic heterocycles. The minimum absolute atomic E-state index is 0.0997. The normalized spacial score (nSPS) is 10.8. The van der Waals surface area contributed by atoms with E-state index < -0.39 is 0 Å². The summed E-state index contributed by atoms with van der Waals surface area (Å²) in [6.07, 6.45) is 0.968. The monoisotopic (exact) mass is 280 g/mol. The van der Waals surface area contributed by atoms with Crippen LogP contribution in [0.4, 0.5) is 5.69 Å². The van der Waals surface area contributed by atoms with Crippen LogP contribution < -0.4 is 5.32 Å². The lowest BCUT2D eigenvalue weighted by molar-refractivity contribution is -0.114. The molecule has 106 valence electrons. The molecule has 0 fully saturated rings. The molecule has 1 amide bonds. The molecule has 0 aliphatic heterocycles. The zero-order valence-electron chi connectivity index (χ0n) is 12.0. The van der Waals surface area contributed by atoms with Gasteiger partial charge in [0, 0.05) is 18.2 Å². The van der Waals surface area contributed by atoms with Crippen LogP contribution in [0.1, 0.15) is 19.4 Å². The average Bonchev–Trinajstić information content (AvgIpc) is 2.89. The number of hydrogen-bond donors (Lipinski definition) is 1. The van der Waals surface area contributed by atoms with Gasteiger partial charge in [-0.2, -0.15) is 0 Å². The van der Waals surface area contributed by atoms with Crippen LogP contribution in [-0.2, 0) is 11.2 Å². The predicted molar refractivity (Wildman–Crippen MR) is 83.1 cm³/mol. The second-order valence-corrected chi connectivity index (χ2v) is 4.94. The number of hydrogen-bond acceptors (Lipinski definition) is 3. The van der Waals surface area contributed by atoms with Crippen molar-refractivity contribution in [2.45, 2.75) is 20.3 Å². The smallest absolute Gasteiger partial charge is 0.227 e. The van der Waals surface area contributed by atoms with Crippen molar-refractivity contribution in [2.24, 2.45) is 0 Å². The highest BCUT2D eigenvalue weighted by molar-refractivity contribution is 5.89. The van der Waals surface area contributed by atoms with Crippen molar-refractivity contribution in [1.82, 2.24) is 4.98 Å². The molecule has 0 atom stereocenters. The Balaban J connectivity index is 2.01. The van der Waals surface area contributed by atoms with Gasteiger partial charge in [-0.05, 0) is 42.3 Å². The average molecular weight is 280 g/mol. The number of rotatable bonds is 3. The fourth-order valence-electron chi connectivity index (χ4n) is 2.25. The van der Waals surface area contributed by atoms with Gasteiger partial charge in [-0.3, -0.25) is 4.79 Å². The van der Waals surface area contributed by atoms with Gasteiger partial charge in [-0.1, -0.05) is 19.1 Å². The zero-order valence-corrected chi connectivity index (χ0v) is 12.0. The minimum atomic E-state index is -0.0997. The fraction of sp³-hybridized carbons (Fsp3) is 0.176. The van der Waals surface area contributed by atoms with Crippen LogP contribution in [0.15, 0.2) is 46.9 Å². The third kappa shape index (κ3) is 2.79. The summed E-state index contributed by atoms with van der Waals surface area (Å²) in [7, 11) is 0. The first-order valence-corrected chi connectivity index (χ1v) is 6.93. The summed E-state index contributed by atoms with van der Waals surface area (Å²) in [4.78, 5) is 15.7. The zero-order chi connectivity index (χ0) is 14.8. The fourth-order valence-corrected chi connectivity index (χ4v) is 2.25. The molecule has 1 heterocycles. The van der Waals surface area contributed by atoms with Crippen LogP contribution in [0.25, 0.3) is 22.6 Å². The Hall–Kier alpha value is -2.62. The molecular weight excluding hydrogens is 264 g/mol. The van der Waals surface area contributed by atoms with Crippen LogP contribution >= 0.6 is 0 Å². The van der Waals surface area contributed by atoms with Crippen molar-refractivity contribution in [3.8, 4) is 11.5 Å². The molecule has 1 N–H and O–H groups in total. The number of aromatic nitrogens is 1. The Kier molecular flexibility index (Phi) is 3.44. The van der Waals surface area contributed by atoms with Crippen molar-refractivity contribution >= 4 is 22.7 Å². The third-order valence-electron chi connectivity index (χ3n) is 3.29. The minimum Gasteiger partial charge on any atom is -0.436 e. The molecule has 21 heavy (non-hydrogen) atoms. The third-order valence-corrected chi connectivity index (χ3v) is 3.29. The number of anilines is 1. The van der Waals surface area contributed by atoms with E-state index in [1.54, 1.807) is 0 Å². The summed E-state index contributed by atoms with van der Waals surface area (Å²) in [6.45, 7) is 3.59. The molecule has 0 aliphatic carbocycles. The first-order valence-electron chi connectivity index (χ1n) is 6.93. The summed E-state index contributed by atoms with van der Waals surface area (Å²) in [5.41, 5.74) is 4.43. The second kappa shape index (κ2) is 5.40. The molecule has 0 saturated heterocycles. The quantitative estimate of drug-likeness (QED) is 0.788. The predicted octanol–water partition coefficient (Wildman–Crippen LogP) is 4.02. The van der Waals surface area contributed by atoms with E-state index in [4.69, 9.17) is 4.42 Å². The van der Waals surface area contributed by atoms with E-state index in [-0.39, 0.29) is 5.91 Å². The Labute approximate surface area is 122 Å². The largest absolute Gasteiger partial charge is 0.436 e. The summed E-state index contributed by atoms with van der Waals surface area (Å²) in [5.74, 6) is 0.461. The lowest BCUT2D eigenvalue weighted by Gasteiger charge is -2.02. The van der Waals surface area contributed by atoms with Gasteiger partial charge >= 0.3 is 0 Å². The topological polar surface area (TPSA) is 55.1 Å². The maximum absolute atomic E-state index is 11.1. The van der Waals surface area contributed by atoms with E-state index in [1.807, 2.05) is 42.5 Å². The Morgan fingerprint density at radius 3 is 2.86 bits per heavy atom. The van der Waals surface area contributed by atoms with Gasteiger partial charge in [0.15, 0.2) is 5.58 Å². The Morgan fingerprint density at radius 1 is 1.24 bits per heavy atom. The van der Waals surface area contributed by atoms with Crippen LogP contribution in [0.2, 0.25) is 0 Å². The van der Waals surface area contributed by atoms with Gasteiger partial charge in [0.05, 0.1) is 0 Å². The maximum Gasteiger partial charge on any atom is 0.227 e. The summed E-state index contributed by atoms with van der Waals surface area (Å²) in [6, 6.07) is 13.5. The van der Waals surface area contributed by atoms with E-state index in [0.29, 0.717) is 5.89 Å². The summed E-state index contributed by atoms with van der Waals surface area (Å²) in [5, 5.41) is 2.76. The highest BCUT2D eigenvalue weighted by Crippen LogP contribution is 2.26. The van der Waals surface area contributed by atoms with Crippen molar-refractivity contribution in [3.05, 3.63) is 48.0 Å². The molecule has 0 bridgehead atoms. The van der Waals surface area contributed by atoms with E-state index in [2.05, 4.69) is 17.2 Å². The molecule has 0 spiro atoms. The van der Waals surface area contributed by atoms with E-state index in [1.165, 1.54) is 12.5 Å². The summed E-state index contributed by atoms with van der Waals surface area (Å²) >= 11 is 0. The van der Waals surface area contributed by atoms with Gasteiger partial charge in [0.25, 0.3) is 0 Å². The van der Waals surface area contributed by atoms with Crippen molar-refractivity contribution in [3.63, 3.8) is 0 Å². The lowest BCUT2D eigenvalue weighted by atomic mass is 10.1. The molecule has 0 saturated carbocycles. The molecule has 3 rings (SSSR count). The number of aryl methyl sites for hydroxylation is 1. The number of amides is 1. The van der Waals surface area contributed by atoms with Gasteiger partial charge in [-0.25, -0.2) is 4.98 Å². The SMILES string of the molecule is CCc1ccc2oc(-c3cccc(NC(C)=O)c3)nc2c1. The maximum atomic E-state index is 11.1. The number of fused-ring (bicyclic) bond motifs is 1. The molecule has 0 unspecified atom stereocenters. The molecular formula is C17H16N2O2. The number of oxazole rings is 1. The highest BCUT2D eigenvalue weighted by atomic mass is 16.3. The summed E-state index contributed by atoms with van der Waals surface area (Å²) < 4.78 is 5.79. The highest BCUT2D eigenvalue weighted by Gasteiger charge is 2.09. The molecule has 4 heteroatoms. The van der Waals surface area contributed by atoms with Gasteiger partial charge < -0.3 is 9.73 Å². The van der Waals surface area contributed by atoms with E-state index in [9.17, 15) is 4.79 Å². The molecule has 4 nitrogen and oxygen atoms in total. The molecule has 3 aromatic rings. The Morgan fingerprint density at radius 2 is 2.10 bits per heavy atom. The first-order chi connectivity index (χ1) is 10.2. The molecule has 0 aliphatic rings. The van der Waals surface area contributed by atoms with Crippen LogP contribution in [0.3, 0.4) is 0 Å². The number of nitrogens with one attached hydrogen (secondary N) is 1. The second-order valence-electron chi connectivity index (χ2n) is 4.94. The van der Waals surface area contributed by atoms with Crippen LogP contribution in [0, 0.1) is 0 Å². The Bertz CT molecular complexity index is 805. The number of benzene rings is 2. The number of carbonyl (C=O) groups excluding carboxylic acids is 1. The molecule has 2 aromatic carbocycles. The standard InChI is InChI=1S/C17H16N2O2/c1-3-12-7-8-16-15(9-12)19-17(21-16)13-5-4-6-14(10-13)18-11(2)20/h4-10H,3H2,1-2H3,(H,18,20). The molecule has 0 radical (unpaired) electrons. The number of carbonyl (C=O) groups is 1. The lowest BCUT2D eigenvalue weighted by Crippen LogP contribution is -2.05. The number of nitrogens with zero attached hydrogens (tertiary/aromatic N) is 1. The van der Waals surface area contributed by atoms with Crippen molar-refractivity contribution in [2.75, 3.05) is 5.32 Å². The van der Waals surface area contributed by atoms with Crippen molar-refractivity contribution < 1.29 is 9.21 Å². The van der Waals surface area contributed by atoms with E-state index >= 15 is 0 Å². The van der Waals surface area contributed by atoms with Crippen LogP contribution in [-0.4, -0.2) is 10.9 Å². The van der Waals surface area contributed by atoms with Gasteiger partial charge in [0.2, 0.25) is 11.8 Å². The van der Waals surface area contributed by atoms with Crippen molar-refractivity contribution in [1.29, 1.82) is 0 Å². The van der Waals surface area contributed by atoms with Gasteiger partial charge in [-0.15, -0.1) is 0 Å². The van der Waals surface area contributed by atoms with Crippen LogP contribution in [0.5, 0.6) is 0 Å². The first kappa shape index (κ1) is 13.4. The van der Waals surface area contributed by atoms with E-state index in [0.717, 1.165) is 28.8 Å². The van der Waals surface area contributed by atoms with Gasteiger partial charge in [0.1, 0.15) is 5.52 Å².